The van der Waals surface area contributed by atoms with E-state index in [0.29, 0.717) is 11.5 Å². The fourth-order valence-electron chi connectivity index (χ4n) is 7.10. The molecule has 0 amide bonds. The minimum atomic E-state index is 0. The van der Waals surface area contributed by atoms with Crippen molar-refractivity contribution in [1.82, 2.24) is 19.3 Å². The van der Waals surface area contributed by atoms with Crippen LogP contribution in [0.15, 0.2) is 91.1 Å². The van der Waals surface area contributed by atoms with Crippen LogP contribution in [0, 0.1) is 24.5 Å². The first kappa shape index (κ1) is 40.0. The molecule has 0 saturated heterocycles. The number of hydrogen-bond donors (Lipinski definition) is 0. The molecule has 286 valence electrons. The monoisotopic (exact) mass is 911 g/mol. The molecule has 7 aromatic rings. The van der Waals surface area contributed by atoms with Gasteiger partial charge in [-0.2, -0.15) is 11.2 Å². The van der Waals surface area contributed by atoms with Gasteiger partial charge in [-0.25, -0.2) is 4.98 Å². The summed E-state index contributed by atoms with van der Waals surface area (Å²) in [4.78, 5) is 4.77. The van der Waals surface area contributed by atoms with Crippen molar-refractivity contribution in [1.29, 1.82) is 0 Å². The number of nitrogens with zero attached hydrogens (tertiary/aromatic N) is 4. The summed E-state index contributed by atoms with van der Waals surface area (Å²) >= 11 is 0. The van der Waals surface area contributed by atoms with E-state index in [1.165, 1.54) is 22.4 Å². The van der Waals surface area contributed by atoms with Gasteiger partial charge in [0.1, 0.15) is 11.6 Å². The number of benzene rings is 4. The van der Waals surface area contributed by atoms with Crippen LogP contribution in [0.5, 0.6) is 17.2 Å². The molecule has 0 bridgehead atoms. The van der Waals surface area contributed by atoms with Gasteiger partial charge in [0.05, 0.1) is 11.8 Å². The Morgan fingerprint density at radius 1 is 0.818 bits per heavy atom. The maximum atomic E-state index is 6.73. The van der Waals surface area contributed by atoms with E-state index in [2.05, 4.69) is 137 Å². The van der Waals surface area contributed by atoms with Gasteiger partial charge in [-0.3, -0.25) is 4.68 Å². The van der Waals surface area contributed by atoms with E-state index in [4.69, 9.17) is 19.6 Å². The van der Waals surface area contributed by atoms with Crippen molar-refractivity contribution >= 4 is 21.8 Å². The Morgan fingerprint density at radius 3 is 2.29 bits per heavy atom. The fourth-order valence-corrected chi connectivity index (χ4v) is 7.10. The normalized spacial score (nSPS) is 11.8. The molecular weight excluding hydrogens is 860 g/mol. The van der Waals surface area contributed by atoms with Crippen LogP contribution >= 0.6 is 0 Å². The third-order valence-corrected chi connectivity index (χ3v) is 9.83. The molecule has 0 N–H and O–H groups in total. The minimum absolute atomic E-state index is 0. The first-order chi connectivity index (χ1) is 25.9. The smallest absolute Gasteiger partial charge is 0.509 e. The van der Waals surface area contributed by atoms with Crippen LogP contribution in [0.3, 0.4) is 0 Å². The van der Waals surface area contributed by atoms with Crippen LogP contribution in [0.4, 0.5) is 0 Å². The molecule has 7 heteroatoms. The van der Waals surface area contributed by atoms with Crippen molar-refractivity contribution in [3.05, 3.63) is 126 Å². The number of para-hydroxylation sites is 1. The van der Waals surface area contributed by atoms with Gasteiger partial charge in [0.15, 0.2) is 0 Å². The van der Waals surface area contributed by atoms with E-state index >= 15 is 0 Å². The molecule has 0 atom stereocenters. The number of rotatable bonds is 12. The molecule has 0 spiro atoms. The number of hydrogen-bond acceptors (Lipinski definition) is 4. The Labute approximate surface area is 341 Å². The Balaban J connectivity index is 0.00000514. The number of pyridine rings is 1. The van der Waals surface area contributed by atoms with Crippen molar-refractivity contribution in [3.8, 4) is 39.9 Å². The molecule has 0 radical (unpaired) electrons. The van der Waals surface area contributed by atoms with Crippen LogP contribution in [-0.2, 0) is 33.9 Å². The van der Waals surface area contributed by atoms with E-state index in [-0.39, 0.29) is 38.5 Å². The molecule has 55 heavy (non-hydrogen) atoms. The van der Waals surface area contributed by atoms with Crippen molar-refractivity contribution < 1.29 is 30.5 Å². The summed E-state index contributed by atoms with van der Waals surface area (Å²) in [6, 6.07) is 36.9. The van der Waals surface area contributed by atoms with Gasteiger partial charge in [0.2, 0.25) is 0 Å². The quantitative estimate of drug-likeness (QED) is 0.115. The van der Waals surface area contributed by atoms with Gasteiger partial charge in [-0.05, 0) is 80.1 Å². The summed E-state index contributed by atoms with van der Waals surface area (Å²) in [6.07, 6.45) is 5.68. The summed E-state index contributed by atoms with van der Waals surface area (Å²) < 4.78 is 17.1. The second-order valence-electron chi connectivity index (χ2n) is 16.2. The van der Waals surface area contributed by atoms with Crippen molar-refractivity contribution in [2.45, 2.75) is 100 Å². The molecule has 0 aliphatic rings. The van der Waals surface area contributed by atoms with Gasteiger partial charge in [0, 0.05) is 40.5 Å². The van der Waals surface area contributed by atoms with Gasteiger partial charge in [-0.1, -0.05) is 102 Å². The molecule has 0 aliphatic heterocycles. The average molecular weight is 912 g/mol. The van der Waals surface area contributed by atoms with Gasteiger partial charge < -0.3 is 14.0 Å². The van der Waals surface area contributed by atoms with Crippen LogP contribution in [0.2, 0.25) is 0 Å². The van der Waals surface area contributed by atoms with Crippen LogP contribution in [0.25, 0.3) is 44.4 Å². The van der Waals surface area contributed by atoms with E-state index in [1.807, 2.05) is 32.0 Å². The zero-order valence-corrected chi connectivity index (χ0v) is 35.8. The van der Waals surface area contributed by atoms with E-state index in [9.17, 15) is 0 Å². The second kappa shape index (κ2) is 16.6. The Hall–Kier alpha value is -4.67. The maximum absolute atomic E-state index is 6.73. The molecule has 3 aromatic heterocycles. The SMILES string of the molecule is CCCc1nn(-c2[c-]c(Oc3[c-]c4c(cc3)c3ccccc3n4-c3cc(OC(C)C)ccn3)cc(C(C)C)c2)c(CCC(C)(C)C)c1-c1ccc(C)cc1.[Pt+2]. The van der Waals surface area contributed by atoms with Gasteiger partial charge >= 0.3 is 21.1 Å². The van der Waals surface area contributed by atoms with E-state index in [0.717, 1.165) is 76.0 Å². The molecule has 0 saturated carbocycles. The molecule has 6 nitrogen and oxygen atoms in total. The topological polar surface area (TPSA) is 54.1 Å². The number of fused-ring (bicyclic) bond motifs is 3. The number of ether oxygens (including phenoxy) is 2. The average Bonchev–Trinajstić information content (AvgIpc) is 3.66. The predicted octanol–water partition coefficient (Wildman–Crippen LogP) is 12.6. The summed E-state index contributed by atoms with van der Waals surface area (Å²) in [5.41, 5.74) is 10.2. The summed E-state index contributed by atoms with van der Waals surface area (Å²) in [5.74, 6) is 3.03. The van der Waals surface area contributed by atoms with Gasteiger partial charge in [-0.15, -0.1) is 41.3 Å². The summed E-state index contributed by atoms with van der Waals surface area (Å²) in [7, 11) is 0. The Bertz CT molecular complexity index is 2410. The molecular formula is C48H52N4O2Pt. The minimum Gasteiger partial charge on any atom is -0.509 e. The first-order valence-corrected chi connectivity index (χ1v) is 19.4. The molecule has 7 rings (SSSR count). The van der Waals surface area contributed by atoms with Crippen molar-refractivity contribution in [2.24, 2.45) is 5.41 Å². The summed E-state index contributed by atoms with van der Waals surface area (Å²) in [6.45, 7) is 19.8. The van der Waals surface area contributed by atoms with Crippen LogP contribution in [-0.4, -0.2) is 25.4 Å². The predicted molar refractivity (Wildman–Crippen MR) is 222 cm³/mol. The third kappa shape index (κ3) is 8.76. The maximum Gasteiger partial charge on any atom is 2.00 e. The third-order valence-electron chi connectivity index (χ3n) is 9.83. The zero-order valence-electron chi connectivity index (χ0n) is 33.6. The first-order valence-electron chi connectivity index (χ1n) is 19.4. The van der Waals surface area contributed by atoms with E-state index in [1.54, 1.807) is 6.20 Å². The molecule has 3 heterocycles. The summed E-state index contributed by atoms with van der Waals surface area (Å²) in [5, 5.41) is 7.55. The fraction of sp³-hybridized carbons (Fsp3) is 0.333. The number of aryl methyl sites for hydroxylation is 2. The molecule has 0 unspecified atom stereocenters. The Kier molecular flexibility index (Phi) is 12.1. The molecule has 0 aliphatic carbocycles. The Morgan fingerprint density at radius 2 is 1.58 bits per heavy atom. The zero-order chi connectivity index (χ0) is 38.1. The largest absolute Gasteiger partial charge is 2.00 e. The van der Waals surface area contributed by atoms with Crippen LogP contribution in [0.1, 0.15) is 96.7 Å². The van der Waals surface area contributed by atoms with Crippen molar-refractivity contribution in [3.63, 3.8) is 0 Å². The van der Waals surface area contributed by atoms with E-state index < -0.39 is 0 Å². The molecule has 4 aromatic carbocycles. The second-order valence-corrected chi connectivity index (χ2v) is 16.2. The van der Waals surface area contributed by atoms with Gasteiger partial charge in [0.25, 0.3) is 0 Å². The molecule has 0 fully saturated rings. The van der Waals surface area contributed by atoms with Crippen LogP contribution < -0.4 is 9.47 Å². The van der Waals surface area contributed by atoms with Crippen molar-refractivity contribution in [2.75, 3.05) is 0 Å². The standard InChI is InChI=1S/C48H52N4O2.Pt/c1-10-13-42-47(34-18-16-33(6)17-19-34)44(22-24-48(7,8)9)52(50-42)36-26-35(31(2)3)27-39(28-36)54-37-20-21-41-40-14-11-12-15-43(40)51(45(41)29-37)46-30-38(23-25-49-46)53-32(4)5;/h11-12,14-21,23,25-27,30-32H,10,13,22,24H2,1-9H3;/q-2;+2. The number of aromatic nitrogens is 4.